The van der Waals surface area contributed by atoms with Gasteiger partial charge in [0.1, 0.15) is 5.65 Å². The normalized spacial score (nSPS) is 12.4. The highest BCUT2D eigenvalue weighted by Gasteiger charge is 2.18. The van der Waals surface area contributed by atoms with Crippen molar-refractivity contribution < 1.29 is 4.21 Å². The topological polar surface area (TPSA) is 170 Å². The van der Waals surface area contributed by atoms with Crippen LogP contribution in [0.25, 0.3) is 16.7 Å². The highest BCUT2D eigenvalue weighted by Crippen LogP contribution is 2.26. The van der Waals surface area contributed by atoms with E-state index in [-0.39, 0.29) is 22.5 Å². The molecule has 2 heterocycles. The van der Waals surface area contributed by atoms with Crippen LogP contribution in [0, 0.1) is 0 Å². The lowest BCUT2D eigenvalue weighted by atomic mass is 9.84. The van der Waals surface area contributed by atoms with Crippen molar-refractivity contribution in [2.24, 2.45) is 22.2 Å². The molecule has 2 aromatic heterocycles. The summed E-state index contributed by atoms with van der Waals surface area (Å²) in [6, 6.07) is 16.6. The van der Waals surface area contributed by atoms with Gasteiger partial charge in [0.15, 0.2) is 5.96 Å². The standard InChI is InChI=1S/C21H29N7O.C16H27NOS/c1-21(2,3)17-11-15-13-28(20(29)27-18(15)26-17)16-7-5-14(6-8-16)12-24-9-4-10-25-19(22)23;1-16(2,3)15-10-13(7-5-6-8-17)9-14(11-15)12-19(4)18/h5-8,11,13,24H,4,9-10,12H2,1-3H3,(H4,22,23,25)(H,26,27,29);9-11H,5-8,12,17H2,1-4H3. The molecule has 262 valence electrons. The summed E-state index contributed by atoms with van der Waals surface area (Å²) in [6.45, 7) is 16.0. The molecular weight excluding hydrogens is 621 g/mol. The Bertz CT molecular complexity index is 1720. The van der Waals surface area contributed by atoms with Crippen molar-refractivity contribution >= 4 is 27.8 Å². The monoisotopic (exact) mass is 676 g/mol. The zero-order valence-corrected chi connectivity index (χ0v) is 30.7. The van der Waals surface area contributed by atoms with Crippen LogP contribution in [0.2, 0.25) is 0 Å². The molecule has 2 aromatic carbocycles. The molecule has 0 radical (unpaired) electrons. The van der Waals surface area contributed by atoms with Crippen molar-refractivity contribution in [2.75, 3.05) is 25.9 Å². The Balaban J connectivity index is 0.000000286. The first kappa shape index (κ1) is 38.6. The van der Waals surface area contributed by atoms with Crippen LogP contribution in [0.15, 0.2) is 64.5 Å². The summed E-state index contributed by atoms with van der Waals surface area (Å²) in [6.07, 6.45) is 7.72. The first-order chi connectivity index (χ1) is 22.6. The van der Waals surface area contributed by atoms with Crippen molar-refractivity contribution in [3.05, 3.63) is 93.2 Å². The van der Waals surface area contributed by atoms with Gasteiger partial charge >= 0.3 is 5.69 Å². The highest BCUT2D eigenvalue weighted by atomic mass is 32.2. The van der Waals surface area contributed by atoms with Crippen molar-refractivity contribution in [2.45, 2.75) is 90.4 Å². The molecule has 0 spiro atoms. The molecule has 0 saturated heterocycles. The number of rotatable bonds is 13. The molecule has 11 heteroatoms. The van der Waals surface area contributed by atoms with E-state index in [9.17, 15) is 9.00 Å². The number of unbranched alkanes of at least 4 members (excludes halogenated alkanes) is 1. The van der Waals surface area contributed by atoms with Gasteiger partial charge < -0.3 is 27.5 Å². The van der Waals surface area contributed by atoms with E-state index in [2.05, 4.69) is 86.1 Å². The molecule has 4 aromatic rings. The molecule has 0 aliphatic carbocycles. The lowest BCUT2D eigenvalue weighted by Crippen LogP contribution is -2.23. The molecule has 1 atom stereocenters. The first-order valence-corrected chi connectivity index (χ1v) is 18.4. The van der Waals surface area contributed by atoms with Gasteiger partial charge in [0.25, 0.3) is 0 Å². The van der Waals surface area contributed by atoms with Crippen molar-refractivity contribution in [3.63, 3.8) is 0 Å². The third-order valence-corrected chi connectivity index (χ3v) is 8.61. The van der Waals surface area contributed by atoms with Gasteiger partial charge in [-0.1, -0.05) is 71.9 Å². The maximum Gasteiger partial charge on any atom is 0.354 e. The molecule has 4 rings (SSSR count). The number of benzene rings is 2. The lowest BCUT2D eigenvalue weighted by Gasteiger charge is -2.21. The average molecular weight is 677 g/mol. The van der Waals surface area contributed by atoms with Crippen molar-refractivity contribution in [1.82, 2.24) is 19.9 Å². The van der Waals surface area contributed by atoms with E-state index in [4.69, 9.17) is 17.2 Å². The molecule has 10 nitrogen and oxygen atoms in total. The van der Waals surface area contributed by atoms with E-state index >= 15 is 0 Å². The van der Waals surface area contributed by atoms with E-state index in [0.717, 1.165) is 67.6 Å². The zero-order valence-electron chi connectivity index (χ0n) is 29.9. The molecule has 0 amide bonds. The highest BCUT2D eigenvalue weighted by molar-refractivity contribution is 7.83. The summed E-state index contributed by atoms with van der Waals surface area (Å²) in [5.41, 5.74) is 23.4. The molecule has 0 saturated carbocycles. The van der Waals surface area contributed by atoms with Gasteiger partial charge in [0.2, 0.25) is 0 Å². The molecule has 0 bridgehead atoms. The van der Waals surface area contributed by atoms with Crippen LogP contribution >= 0.6 is 0 Å². The molecule has 48 heavy (non-hydrogen) atoms. The Morgan fingerprint density at radius 2 is 1.62 bits per heavy atom. The number of guanidine groups is 1. The van der Waals surface area contributed by atoms with Crippen LogP contribution in [0.4, 0.5) is 0 Å². The Morgan fingerprint density at radius 1 is 0.938 bits per heavy atom. The quantitative estimate of drug-likeness (QED) is 0.0761. The van der Waals surface area contributed by atoms with Crippen LogP contribution < -0.4 is 28.2 Å². The van der Waals surface area contributed by atoms with Crippen molar-refractivity contribution in [1.29, 1.82) is 0 Å². The number of hydrogen-bond donors (Lipinski definition) is 5. The maximum atomic E-state index is 12.5. The number of aromatic nitrogens is 3. The lowest BCUT2D eigenvalue weighted by molar-refractivity contribution is 0.574. The van der Waals surface area contributed by atoms with Gasteiger partial charge in [0, 0.05) is 58.6 Å². The Kier molecular flexibility index (Phi) is 14.1. The van der Waals surface area contributed by atoms with E-state index in [0.29, 0.717) is 17.9 Å². The summed E-state index contributed by atoms with van der Waals surface area (Å²) >= 11 is 0. The number of aliphatic imine (C=N–C) groups is 1. The number of fused-ring (bicyclic) bond motifs is 1. The number of aromatic amines is 1. The fraction of sp³-hybridized carbons (Fsp3) is 0.486. The second-order valence-electron chi connectivity index (χ2n) is 14.4. The van der Waals surface area contributed by atoms with Gasteiger partial charge in [-0.3, -0.25) is 13.8 Å². The van der Waals surface area contributed by atoms with E-state index < -0.39 is 10.8 Å². The predicted molar refractivity (Wildman–Crippen MR) is 202 cm³/mol. The number of nitrogens with one attached hydrogen (secondary N) is 2. The summed E-state index contributed by atoms with van der Waals surface area (Å²) in [5.74, 6) is 0.770. The molecule has 0 aliphatic rings. The Hall–Kier alpha value is -3.80. The minimum atomic E-state index is -0.787. The van der Waals surface area contributed by atoms with E-state index in [1.165, 1.54) is 16.7 Å². The number of H-pyrrole nitrogens is 1. The summed E-state index contributed by atoms with van der Waals surface area (Å²) in [7, 11) is -0.787. The second-order valence-corrected chi connectivity index (χ2v) is 15.8. The zero-order chi connectivity index (χ0) is 35.5. The SMILES string of the molecule is CC(C)(C)c1cc2cn(-c3ccc(CNCCCN=C(N)N)cc3)c(=O)nc2[nH]1.CS(=O)Cc1cc(CCCCN)cc(C(C)(C)C)c1. The number of nitrogens with two attached hydrogens (primary N) is 3. The van der Waals surface area contributed by atoms with E-state index in [1.807, 2.05) is 30.5 Å². The summed E-state index contributed by atoms with van der Waals surface area (Å²) in [5, 5.41) is 4.27. The first-order valence-electron chi connectivity index (χ1n) is 16.7. The largest absolute Gasteiger partial charge is 0.370 e. The van der Waals surface area contributed by atoms with Gasteiger partial charge in [-0.15, -0.1) is 0 Å². The Morgan fingerprint density at radius 3 is 2.23 bits per heavy atom. The van der Waals surface area contributed by atoms with Gasteiger partial charge in [-0.25, -0.2) is 4.79 Å². The smallest absolute Gasteiger partial charge is 0.354 e. The third kappa shape index (κ3) is 12.3. The second kappa shape index (κ2) is 17.6. The fourth-order valence-electron chi connectivity index (χ4n) is 5.13. The van der Waals surface area contributed by atoms with Crippen LogP contribution in [0.1, 0.15) is 88.8 Å². The van der Waals surface area contributed by atoms with Crippen LogP contribution in [-0.2, 0) is 40.3 Å². The number of nitrogens with zero attached hydrogens (tertiary/aromatic N) is 3. The third-order valence-electron chi connectivity index (χ3n) is 7.87. The molecular formula is C37H56N8O2S. The summed E-state index contributed by atoms with van der Waals surface area (Å²) in [4.78, 5) is 23.9. The minimum Gasteiger partial charge on any atom is -0.370 e. The average Bonchev–Trinajstić information content (AvgIpc) is 3.42. The predicted octanol–water partition coefficient (Wildman–Crippen LogP) is 4.91. The van der Waals surface area contributed by atoms with Gasteiger partial charge in [-0.05, 0) is 84.6 Å². The molecule has 8 N–H and O–H groups in total. The maximum absolute atomic E-state index is 12.5. The number of hydrogen-bond acceptors (Lipinski definition) is 6. The Labute approximate surface area is 288 Å². The van der Waals surface area contributed by atoms with Crippen LogP contribution in [0.3, 0.4) is 0 Å². The summed E-state index contributed by atoms with van der Waals surface area (Å²) < 4.78 is 13.0. The minimum absolute atomic E-state index is 0.0352. The molecule has 1 unspecified atom stereocenters. The van der Waals surface area contributed by atoms with Gasteiger partial charge in [-0.2, -0.15) is 4.98 Å². The van der Waals surface area contributed by atoms with Crippen LogP contribution in [0.5, 0.6) is 0 Å². The number of aryl methyl sites for hydroxylation is 1. The van der Waals surface area contributed by atoms with Crippen LogP contribution in [-0.4, -0.2) is 50.6 Å². The fourth-order valence-corrected chi connectivity index (χ4v) is 5.77. The molecule has 0 aliphatic heterocycles. The van der Waals surface area contributed by atoms with E-state index in [1.54, 1.807) is 10.8 Å². The molecule has 0 fully saturated rings. The van der Waals surface area contributed by atoms with Crippen molar-refractivity contribution in [3.8, 4) is 5.69 Å². The van der Waals surface area contributed by atoms with Gasteiger partial charge in [0.05, 0.1) is 5.69 Å².